The van der Waals surface area contributed by atoms with Gasteiger partial charge in [0, 0.05) is 0 Å². The molecule has 0 saturated heterocycles. The van der Waals surface area contributed by atoms with Gasteiger partial charge in [-0.3, -0.25) is 0 Å². The molecule has 0 spiro atoms. The second-order valence-corrected chi connectivity index (χ2v) is 19.8. The Hall–Kier alpha value is -5.98. The van der Waals surface area contributed by atoms with Gasteiger partial charge >= 0.3 is 0 Å². The molecule has 0 saturated carbocycles. The van der Waals surface area contributed by atoms with Crippen molar-refractivity contribution in [1.29, 1.82) is 0 Å². The molecule has 282 valence electrons. The van der Waals surface area contributed by atoms with Gasteiger partial charge < -0.3 is 0 Å². The Bertz CT molecular complexity index is 3260. The standard InChI is InChI=1S/C58H50/c1-31-17-32(2)20-37(19-31)35-11-13-41-45(23-35)51-27-39(57(5,6)7)25-49-43-15-16-44-48(47(43)29-53(41)55(49)51)30-54-42-14-12-36(38-21-33(3)18-34(4)22-38)24-46(42)52-28-40(58(8,9)10)26-50(44)56(52)54/h11-30H,1-10H3. The van der Waals surface area contributed by atoms with E-state index in [2.05, 4.69) is 191 Å². The van der Waals surface area contributed by atoms with Crippen molar-refractivity contribution in [2.45, 2.75) is 80.1 Å². The van der Waals surface area contributed by atoms with E-state index in [1.165, 1.54) is 142 Å². The van der Waals surface area contributed by atoms with Crippen molar-refractivity contribution in [3.8, 4) is 22.3 Å². The highest BCUT2D eigenvalue weighted by Gasteiger charge is 2.24. The van der Waals surface area contributed by atoms with Crippen LogP contribution in [-0.4, -0.2) is 0 Å². The Kier molecular flexibility index (Phi) is 7.16. The predicted molar refractivity (Wildman–Crippen MR) is 256 cm³/mol. The lowest BCUT2D eigenvalue weighted by Crippen LogP contribution is -2.10. The second kappa shape index (κ2) is 11.8. The third-order valence-electron chi connectivity index (χ3n) is 13.3. The SMILES string of the molecule is Cc1cc(C)cc(-c2ccc3c(c2)c2cc(C(C)(C)C)cc4c5ccc6c(cc7c8ccc(-c9cc(C)cc(C)c9)cc8c8cc(C(C)(C)C)cc6c87)c5cc3c42)c1. The molecule has 0 aliphatic heterocycles. The molecule has 0 radical (unpaired) electrons. The summed E-state index contributed by atoms with van der Waals surface area (Å²) in [7, 11) is 0. The van der Waals surface area contributed by atoms with Crippen LogP contribution < -0.4 is 0 Å². The summed E-state index contributed by atoms with van der Waals surface area (Å²) in [4.78, 5) is 0. The van der Waals surface area contributed by atoms with Crippen LogP contribution in [0.5, 0.6) is 0 Å². The van der Waals surface area contributed by atoms with E-state index in [0.717, 1.165) is 0 Å². The highest BCUT2D eigenvalue weighted by molar-refractivity contribution is 6.40. The fourth-order valence-corrected chi connectivity index (χ4v) is 10.5. The first kappa shape index (κ1) is 35.2. The van der Waals surface area contributed by atoms with Crippen LogP contribution in [-0.2, 0) is 10.8 Å². The summed E-state index contributed by atoms with van der Waals surface area (Å²) in [6.07, 6.45) is 0. The molecule has 11 aromatic carbocycles. The van der Waals surface area contributed by atoms with E-state index in [-0.39, 0.29) is 10.8 Å². The number of aryl methyl sites for hydroxylation is 4. The van der Waals surface area contributed by atoms with E-state index in [9.17, 15) is 0 Å². The molecule has 0 fully saturated rings. The predicted octanol–water partition coefficient (Wildman–Crippen LogP) is 17.0. The van der Waals surface area contributed by atoms with Crippen LogP contribution in [0.2, 0.25) is 0 Å². The lowest BCUT2D eigenvalue weighted by Gasteiger charge is -2.21. The molecule has 58 heavy (non-hydrogen) atoms. The maximum Gasteiger partial charge on any atom is -0.00197 e. The highest BCUT2D eigenvalue weighted by atomic mass is 14.3. The van der Waals surface area contributed by atoms with Crippen molar-refractivity contribution in [2.24, 2.45) is 0 Å². The van der Waals surface area contributed by atoms with Gasteiger partial charge in [-0.25, -0.2) is 0 Å². The number of benzene rings is 9. The van der Waals surface area contributed by atoms with Crippen molar-refractivity contribution in [1.82, 2.24) is 0 Å². The van der Waals surface area contributed by atoms with Crippen molar-refractivity contribution in [3.05, 3.63) is 155 Å². The molecule has 0 amide bonds. The summed E-state index contributed by atoms with van der Waals surface area (Å²) in [6, 6.07) is 48.2. The summed E-state index contributed by atoms with van der Waals surface area (Å²) < 4.78 is 0. The fourth-order valence-electron chi connectivity index (χ4n) is 10.5. The van der Waals surface area contributed by atoms with Crippen LogP contribution in [0.1, 0.15) is 74.9 Å². The lowest BCUT2D eigenvalue weighted by atomic mass is 9.83. The maximum absolute atomic E-state index is 2.54. The quantitative estimate of drug-likeness (QED) is 0.155. The molecule has 0 bridgehead atoms. The lowest BCUT2D eigenvalue weighted by molar-refractivity contribution is 0.591. The molecule has 0 aliphatic rings. The largest absolute Gasteiger partial charge is 0.0563 e. The van der Waals surface area contributed by atoms with Crippen molar-refractivity contribution < 1.29 is 0 Å². The third kappa shape index (κ3) is 5.13. The average Bonchev–Trinajstić information content (AvgIpc) is 3.65. The highest BCUT2D eigenvalue weighted by Crippen LogP contribution is 2.50. The zero-order chi connectivity index (χ0) is 40.2. The number of rotatable bonds is 2. The topological polar surface area (TPSA) is 0 Å². The molecule has 0 heteroatoms. The van der Waals surface area contributed by atoms with E-state index in [0.29, 0.717) is 0 Å². The Morgan fingerprint density at radius 1 is 0.241 bits per heavy atom. The zero-order valence-electron chi connectivity index (χ0n) is 35.5. The van der Waals surface area contributed by atoms with Crippen LogP contribution in [0.15, 0.2) is 121 Å². The maximum atomic E-state index is 2.54. The van der Waals surface area contributed by atoms with Gasteiger partial charge in [0.05, 0.1) is 0 Å². The van der Waals surface area contributed by atoms with Gasteiger partial charge in [0.25, 0.3) is 0 Å². The van der Waals surface area contributed by atoms with Crippen molar-refractivity contribution in [3.63, 3.8) is 0 Å². The van der Waals surface area contributed by atoms with Gasteiger partial charge in [0.1, 0.15) is 0 Å². The molecule has 0 aliphatic carbocycles. The third-order valence-corrected chi connectivity index (χ3v) is 13.3. The zero-order valence-corrected chi connectivity index (χ0v) is 35.5. The smallest absolute Gasteiger partial charge is 0.00197 e. The Labute approximate surface area is 341 Å². The van der Waals surface area contributed by atoms with Gasteiger partial charge in [-0.1, -0.05) is 137 Å². The first-order chi connectivity index (χ1) is 27.6. The van der Waals surface area contributed by atoms with E-state index in [4.69, 9.17) is 0 Å². The average molecular weight is 747 g/mol. The Morgan fingerprint density at radius 3 is 0.845 bits per heavy atom. The molecular formula is C58H50. The van der Waals surface area contributed by atoms with Crippen LogP contribution in [0, 0.1) is 27.7 Å². The number of hydrogen-bond donors (Lipinski definition) is 0. The molecule has 11 rings (SSSR count). The summed E-state index contributed by atoms with van der Waals surface area (Å²) in [5.41, 5.74) is 13.1. The van der Waals surface area contributed by atoms with Gasteiger partial charge in [-0.05, 0) is 207 Å². The molecule has 11 aromatic rings. The van der Waals surface area contributed by atoms with Gasteiger partial charge in [-0.15, -0.1) is 0 Å². The van der Waals surface area contributed by atoms with Crippen LogP contribution in [0.3, 0.4) is 0 Å². The van der Waals surface area contributed by atoms with E-state index in [1.54, 1.807) is 0 Å². The molecule has 0 aromatic heterocycles. The number of fused-ring (bicyclic) bond motifs is 11. The van der Waals surface area contributed by atoms with Crippen molar-refractivity contribution in [2.75, 3.05) is 0 Å². The van der Waals surface area contributed by atoms with Gasteiger partial charge in [-0.2, -0.15) is 0 Å². The van der Waals surface area contributed by atoms with Crippen molar-refractivity contribution >= 4 is 86.2 Å². The second-order valence-electron chi connectivity index (χ2n) is 19.8. The molecule has 0 unspecified atom stereocenters. The van der Waals surface area contributed by atoms with Gasteiger partial charge in [0.15, 0.2) is 0 Å². The summed E-state index contributed by atoms with van der Waals surface area (Å²) in [5.74, 6) is 0. The molecule has 0 N–H and O–H groups in total. The van der Waals surface area contributed by atoms with Crippen LogP contribution >= 0.6 is 0 Å². The Morgan fingerprint density at radius 2 is 0.517 bits per heavy atom. The van der Waals surface area contributed by atoms with Crippen LogP contribution in [0.25, 0.3) is 108 Å². The molecule has 0 atom stereocenters. The summed E-state index contributed by atoms with van der Waals surface area (Å²) in [5, 5.41) is 21.7. The van der Waals surface area contributed by atoms with E-state index < -0.39 is 0 Å². The van der Waals surface area contributed by atoms with Crippen LogP contribution in [0.4, 0.5) is 0 Å². The van der Waals surface area contributed by atoms with Gasteiger partial charge in [0.2, 0.25) is 0 Å². The minimum atomic E-state index is -0.000524. The summed E-state index contributed by atoms with van der Waals surface area (Å²) in [6.45, 7) is 22.9. The first-order valence-electron chi connectivity index (χ1n) is 21.1. The van der Waals surface area contributed by atoms with E-state index >= 15 is 0 Å². The minimum absolute atomic E-state index is 0.000524. The molecular weight excluding hydrogens is 697 g/mol. The Balaban J connectivity index is 1.27. The normalized spacial score (nSPS) is 13.0. The monoisotopic (exact) mass is 746 g/mol. The minimum Gasteiger partial charge on any atom is -0.0563 e. The number of hydrogen-bond acceptors (Lipinski definition) is 0. The molecule has 0 nitrogen and oxygen atoms in total. The molecule has 0 heterocycles. The fraction of sp³-hybridized carbons (Fsp3) is 0.207. The summed E-state index contributed by atoms with van der Waals surface area (Å²) >= 11 is 0. The first-order valence-corrected chi connectivity index (χ1v) is 21.1. The van der Waals surface area contributed by atoms with E-state index in [1.807, 2.05) is 0 Å².